The van der Waals surface area contributed by atoms with Gasteiger partial charge in [0.15, 0.2) is 6.04 Å². The maximum absolute atomic E-state index is 14.2. The van der Waals surface area contributed by atoms with E-state index in [1.807, 2.05) is 42.5 Å². The van der Waals surface area contributed by atoms with E-state index < -0.39 is 84.7 Å². The molecule has 0 spiro atoms. The van der Waals surface area contributed by atoms with E-state index in [0.717, 1.165) is 28.7 Å². The van der Waals surface area contributed by atoms with Gasteiger partial charge in [0.05, 0.1) is 12.1 Å². The fourth-order valence-electron chi connectivity index (χ4n) is 5.75. The first-order valence-electron chi connectivity index (χ1n) is 16.9. The van der Waals surface area contributed by atoms with Crippen molar-refractivity contribution in [1.82, 2.24) is 31.2 Å². The third kappa shape index (κ3) is 9.95. The van der Waals surface area contributed by atoms with Gasteiger partial charge in [-0.25, -0.2) is 4.79 Å². The summed E-state index contributed by atoms with van der Waals surface area (Å²) in [6, 6.07) is 7.84. The topological polar surface area (TPSA) is 269 Å². The standard InChI is InChI=1S/C36H45N7O9/c1-18(2)30(37)35(50)42-28(15-21-17-39-25-11-7-5-9-23(21)25)34(49)41-27(14-20-16-38-24-10-6-4-8-22(20)24)33(48)40-26(12-13-29(45)46)32(47)43-31(19(3)44)36(51)52/h4-11,16-19,26-28,30-31,38-39,44H,12-15,37H2,1-3H3,(H,40,48)(H,41,49)(H,42,50)(H,43,47)(H,45,46)(H,51,52)/t19-,26+,27+,28+,30+,31+/m1/s1. The van der Waals surface area contributed by atoms with Crippen molar-refractivity contribution < 1.29 is 44.1 Å². The molecule has 2 aromatic heterocycles. The van der Waals surface area contributed by atoms with Crippen molar-refractivity contribution in [2.45, 2.75) is 82.8 Å². The van der Waals surface area contributed by atoms with Crippen molar-refractivity contribution >= 4 is 57.4 Å². The van der Waals surface area contributed by atoms with E-state index in [1.54, 1.807) is 32.3 Å². The van der Waals surface area contributed by atoms with Crippen LogP contribution in [-0.4, -0.2) is 97.2 Å². The predicted octanol–water partition coefficient (Wildman–Crippen LogP) is 0.687. The highest BCUT2D eigenvalue weighted by molar-refractivity contribution is 5.97. The molecule has 0 saturated carbocycles. The quantitative estimate of drug-likeness (QED) is 0.0687. The molecule has 4 amide bonds. The van der Waals surface area contributed by atoms with E-state index in [2.05, 4.69) is 31.2 Å². The van der Waals surface area contributed by atoms with E-state index in [9.17, 15) is 44.1 Å². The lowest BCUT2D eigenvalue weighted by Gasteiger charge is -2.27. The number of aromatic amines is 2. The van der Waals surface area contributed by atoms with Crippen molar-refractivity contribution in [1.29, 1.82) is 0 Å². The lowest BCUT2D eigenvalue weighted by molar-refractivity contribution is -0.145. The third-order valence-corrected chi connectivity index (χ3v) is 8.81. The maximum Gasteiger partial charge on any atom is 0.328 e. The monoisotopic (exact) mass is 719 g/mol. The molecule has 0 bridgehead atoms. The van der Waals surface area contributed by atoms with Crippen LogP contribution in [0.5, 0.6) is 0 Å². The zero-order valence-corrected chi connectivity index (χ0v) is 29.0. The number of amides is 4. The van der Waals surface area contributed by atoms with E-state index in [4.69, 9.17) is 5.73 Å². The fraction of sp³-hybridized carbons (Fsp3) is 0.389. The number of para-hydroxylation sites is 2. The fourth-order valence-corrected chi connectivity index (χ4v) is 5.75. The minimum atomic E-state index is -1.75. The molecule has 2 heterocycles. The Morgan fingerprint density at radius 1 is 0.673 bits per heavy atom. The number of carbonyl (C=O) groups is 6. The molecule has 0 aliphatic rings. The molecule has 2 aromatic carbocycles. The molecule has 4 rings (SSSR count). The summed E-state index contributed by atoms with van der Waals surface area (Å²) in [5, 5.41) is 40.3. The minimum absolute atomic E-state index is 0.0212. The van der Waals surface area contributed by atoms with Gasteiger partial charge >= 0.3 is 11.9 Å². The first kappa shape index (κ1) is 39.1. The molecule has 278 valence electrons. The smallest absolute Gasteiger partial charge is 0.328 e. The highest BCUT2D eigenvalue weighted by Gasteiger charge is 2.34. The van der Waals surface area contributed by atoms with E-state index in [-0.39, 0.29) is 18.8 Å². The molecule has 0 unspecified atom stereocenters. The summed E-state index contributed by atoms with van der Waals surface area (Å²) in [5.41, 5.74) is 9.02. The highest BCUT2D eigenvalue weighted by Crippen LogP contribution is 2.21. The molecule has 11 N–H and O–H groups in total. The number of H-pyrrole nitrogens is 2. The Hall–Kier alpha value is -5.74. The van der Waals surface area contributed by atoms with Gasteiger partial charge in [0.2, 0.25) is 23.6 Å². The molecule has 16 nitrogen and oxygen atoms in total. The van der Waals surface area contributed by atoms with Crippen LogP contribution in [0.3, 0.4) is 0 Å². The summed E-state index contributed by atoms with van der Waals surface area (Å²) in [6.45, 7) is 4.67. The maximum atomic E-state index is 14.2. The van der Waals surface area contributed by atoms with Crippen molar-refractivity contribution in [3.8, 4) is 0 Å². The lowest BCUT2D eigenvalue weighted by atomic mass is 10.00. The number of carboxylic acid groups (broad SMARTS) is 2. The second kappa shape index (κ2) is 17.5. The summed E-state index contributed by atoms with van der Waals surface area (Å²) in [5.74, 6) is -6.32. The zero-order valence-electron chi connectivity index (χ0n) is 29.0. The summed E-state index contributed by atoms with van der Waals surface area (Å²) in [4.78, 5) is 84.0. The average molecular weight is 720 g/mol. The molecule has 0 saturated heterocycles. The van der Waals surface area contributed by atoms with E-state index >= 15 is 0 Å². The number of nitrogens with one attached hydrogen (secondary N) is 6. The molecular weight excluding hydrogens is 674 g/mol. The molecule has 6 atom stereocenters. The van der Waals surface area contributed by atoms with Crippen LogP contribution in [0.2, 0.25) is 0 Å². The molecule has 0 aliphatic heterocycles. The minimum Gasteiger partial charge on any atom is -0.481 e. The third-order valence-electron chi connectivity index (χ3n) is 8.81. The second-order valence-electron chi connectivity index (χ2n) is 13.1. The van der Waals surface area contributed by atoms with Crippen LogP contribution in [0.15, 0.2) is 60.9 Å². The predicted molar refractivity (Wildman–Crippen MR) is 191 cm³/mol. The van der Waals surface area contributed by atoms with E-state index in [0.29, 0.717) is 11.1 Å². The number of aliphatic hydroxyl groups excluding tert-OH is 1. The molecule has 0 fully saturated rings. The van der Waals surface area contributed by atoms with Gasteiger partial charge in [-0.1, -0.05) is 50.2 Å². The second-order valence-corrected chi connectivity index (χ2v) is 13.1. The number of carboxylic acids is 2. The number of hydrogen-bond acceptors (Lipinski definition) is 8. The summed E-state index contributed by atoms with van der Waals surface area (Å²) in [7, 11) is 0. The lowest BCUT2D eigenvalue weighted by Crippen LogP contribution is -2.60. The van der Waals surface area contributed by atoms with Crippen LogP contribution < -0.4 is 27.0 Å². The number of hydrogen-bond donors (Lipinski definition) is 10. The summed E-state index contributed by atoms with van der Waals surface area (Å²) in [6.07, 6.45) is 0.794. The van der Waals surface area contributed by atoms with Gasteiger partial charge in [-0.2, -0.15) is 0 Å². The van der Waals surface area contributed by atoms with Gasteiger partial charge in [-0.15, -0.1) is 0 Å². The van der Waals surface area contributed by atoms with Crippen LogP contribution >= 0.6 is 0 Å². The van der Waals surface area contributed by atoms with Gasteiger partial charge < -0.3 is 52.3 Å². The number of aromatic nitrogens is 2. The normalized spacial score (nSPS) is 14.9. The average Bonchev–Trinajstić information content (AvgIpc) is 3.71. The number of carbonyl (C=O) groups excluding carboxylic acids is 4. The number of rotatable bonds is 18. The summed E-state index contributed by atoms with van der Waals surface area (Å²) >= 11 is 0. The van der Waals surface area contributed by atoms with Crippen LogP contribution in [0.25, 0.3) is 21.8 Å². The Balaban J connectivity index is 1.67. The number of nitrogens with two attached hydrogens (primary N) is 1. The number of aliphatic hydroxyl groups is 1. The molecule has 0 aliphatic carbocycles. The molecule has 52 heavy (non-hydrogen) atoms. The van der Waals surface area contributed by atoms with Crippen LogP contribution in [0.4, 0.5) is 0 Å². The largest absolute Gasteiger partial charge is 0.481 e. The van der Waals surface area contributed by atoms with Gasteiger partial charge in [-0.05, 0) is 42.5 Å². The first-order valence-corrected chi connectivity index (χ1v) is 16.9. The van der Waals surface area contributed by atoms with Crippen molar-refractivity contribution in [3.63, 3.8) is 0 Å². The first-order chi connectivity index (χ1) is 24.7. The Kier molecular flexibility index (Phi) is 13.1. The van der Waals surface area contributed by atoms with Gasteiger partial charge in [0.1, 0.15) is 18.1 Å². The van der Waals surface area contributed by atoms with Gasteiger partial charge in [-0.3, -0.25) is 24.0 Å². The Bertz CT molecular complexity index is 1920. The Morgan fingerprint density at radius 2 is 1.12 bits per heavy atom. The summed E-state index contributed by atoms with van der Waals surface area (Å²) < 4.78 is 0. The van der Waals surface area contributed by atoms with Crippen molar-refractivity contribution in [2.75, 3.05) is 0 Å². The van der Waals surface area contributed by atoms with Crippen molar-refractivity contribution in [3.05, 3.63) is 72.1 Å². The van der Waals surface area contributed by atoms with Gasteiger partial charge in [0.25, 0.3) is 0 Å². The van der Waals surface area contributed by atoms with E-state index in [1.165, 1.54) is 0 Å². The highest BCUT2D eigenvalue weighted by atomic mass is 16.4. The SMILES string of the molecule is CC(C)[C@H](N)C(=O)N[C@@H](Cc1c[nH]c2ccccc12)C(=O)N[C@@H](Cc1c[nH]c2ccccc12)C(=O)N[C@@H](CCC(=O)O)C(=O)N[C@H](C(=O)O)[C@@H](C)O. The van der Waals surface area contributed by atoms with Crippen LogP contribution in [0, 0.1) is 5.92 Å². The Labute approximate surface area is 298 Å². The number of aliphatic carboxylic acids is 2. The zero-order chi connectivity index (χ0) is 38.1. The Morgan fingerprint density at radius 3 is 1.56 bits per heavy atom. The molecule has 16 heteroatoms. The van der Waals surface area contributed by atoms with Gasteiger partial charge in [0, 0.05) is 53.5 Å². The molecule has 4 aromatic rings. The van der Waals surface area contributed by atoms with Crippen molar-refractivity contribution in [2.24, 2.45) is 11.7 Å². The van der Waals surface area contributed by atoms with Crippen LogP contribution in [0.1, 0.15) is 44.7 Å². The molecule has 0 radical (unpaired) electrons. The van der Waals surface area contributed by atoms with Crippen LogP contribution in [-0.2, 0) is 41.6 Å². The molecular formula is C36H45N7O9. The number of fused-ring (bicyclic) bond motifs is 2. The number of benzene rings is 2.